The van der Waals surface area contributed by atoms with Crippen molar-refractivity contribution < 1.29 is 0 Å². The Bertz CT molecular complexity index is 375. The minimum atomic E-state index is 0.0145. The highest BCUT2D eigenvalue weighted by atomic mass is 15.3. The summed E-state index contributed by atoms with van der Waals surface area (Å²) in [6, 6.07) is 2.54. The first-order valence-electron chi connectivity index (χ1n) is 6.46. The number of hydrogen-bond acceptors (Lipinski definition) is 3. The molecule has 0 bridgehead atoms. The van der Waals surface area contributed by atoms with Crippen LogP contribution < -0.4 is 5.73 Å². The van der Waals surface area contributed by atoms with Crippen LogP contribution in [0.25, 0.3) is 0 Å². The van der Waals surface area contributed by atoms with E-state index in [1.54, 1.807) is 0 Å². The number of nitrogens with zero attached hydrogens (tertiary/aromatic N) is 3. The normalized spacial score (nSPS) is 19.9. The second kappa shape index (κ2) is 4.42. The van der Waals surface area contributed by atoms with E-state index in [9.17, 15) is 0 Å². The van der Waals surface area contributed by atoms with E-state index in [2.05, 4.69) is 50.0 Å². The minimum Gasteiger partial charge on any atom is -0.323 e. The molecule has 0 atom stereocenters. The fourth-order valence-electron chi connectivity index (χ4n) is 2.24. The molecule has 1 fully saturated rings. The molecule has 2 N–H and O–H groups in total. The molecule has 1 saturated heterocycles. The van der Waals surface area contributed by atoms with Gasteiger partial charge in [0.1, 0.15) is 0 Å². The predicted molar refractivity (Wildman–Crippen MR) is 69.6 cm³/mol. The number of hydrogen-bond donors (Lipinski definition) is 1. The average Bonchev–Trinajstić information content (AvgIpc) is 2.63. The molecule has 0 radical (unpaired) electrons. The van der Waals surface area contributed by atoms with Gasteiger partial charge in [-0.15, -0.1) is 0 Å². The SMILES string of the molecule is CC(C)n1ccc(CN2CC(N)(C(C)C)C2)n1. The molecule has 0 aromatic carbocycles. The third-order valence-corrected chi connectivity index (χ3v) is 3.76. The van der Waals surface area contributed by atoms with Gasteiger partial charge in [0, 0.05) is 37.4 Å². The van der Waals surface area contributed by atoms with Crippen molar-refractivity contribution in [1.29, 1.82) is 0 Å². The smallest absolute Gasteiger partial charge is 0.0764 e. The molecule has 0 unspecified atom stereocenters. The first kappa shape index (κ1) is 12.6. The van der Waals surface area contributed by atoms with Crippen molar-refractivity contribution in [3.63, 3.8) is 0 Å². The summed E-state index contributed by atoms with van der Waals surface area (Å²) in [5, 5.41) is 4.56. The highest BCUT2D eigenvalue weighted by molar-refractivity contribution is 5.06. The maximum Gasteiger partial charge on any atom is 0.0764 e. The van der Waals surface area contributed by atoms with E-state index in [0.29, 0.717) is 12.0 Å². The van der Waals surface area contributed by atoms with Crippen LogP contribution in [0.5, 0.6) is 0 Å². The summed E-state index contributed by atoms with van der Waals surface area (Å²) >= 11 is 0. The Balaban J connectivity index is 1.87. The van der Waals surface area contributed by atoms with E-state index in [0.717, 1.165) is 25.3 Å². The quantitative estimate of drug-likeness (QED) is 0.864. The van der Waals surface area contributed by atoms with Gasteiger partial charge in [-0.2, -0.15) is 5.10 Å². The van der Waals surface area contributed by atoms with E-state index >= 15 is 0 Å². The molecule has 0 spiro atoms. The summed E-state index contributed by atoms with van der Waals surface area (Å²) in [4.78, 5) is 2.37. The van der Waals surface area contributed by atoms with Crippen molar-refractivity contribution in [3.05, 3.63) is 18.0 Å². The number of likely N-dealkylation sites (tertiary alicyclic amines) is 1. The van der Waals surface area contributed by atoms with Crippen LogP contribution in [0.4, 0.5) is 0 Å². The second-order valence-electron chi connectivity index (χ2n) is 5.91. The molecule has 1 aliphatic rings. The molecular weight excluding hydrogens is 212 g/mol. The lowest BCUT2D eigenvalue weighted by Gasteiger charge is -2.50. The van der Waals surface area contributed by atoms with Crippen molar-refractivity contribution in [2.75, 3.05) is 13.1 Å². The Kier molecular flexibility index (Phi) is 3.27. The van der Waals surface area contributed by atoms with Crippen LogP contribution >= 0.6 is 0 Å². The molecular formula is C13H24N4. The highest BCUT2D eigenvalue weighted by Crippen LogP contribution is 2.27. The van der Waals surface area contributed by atoms with Gasteiger partial charge in [-0.1, -0.05) is 13.8 Å². The van der Waals surface area contributed by atoms with Crippen LogP contribution in [0.1, 0.15) is 39.4 Å². The fraction of sp³-hybridized carbons (Fsp3) is 0.769. The van der Waals surface area contributed by atoms with Gasteiger partial charge in [0.15, 0.2) is 0 Å². The van der Waals surface area contributed by atoms with Crippen molar-refractivity contribution in [2.24, 2.45) is 11.7 Å². The molecule has 0 saturated carbocycles. The van der Waals surface area contributed by atoms with E-state index < -0.39 is 0 Å². The minimum absolute atomic E-state index is 0.0145. The van der Waals surface area contributed by atoms with E-state index in [4.69, 9.17) is 5.73 Å². The molecule has 2 heterocycles. The third kappa shape index (κ3) is 2.53. The Hall–Kier alpha value is -0.870. The van der Waals surface area contributed by atoms with Gasteiger partial charge >= 0.3 is 0 Å². The number of rotatable bonds is 4. The van der Waals surface area contributed by atoms with Crippen LogP contribution in [0, 0.1) is 5.92 Å². The molecule has 96 valence electrons. The summed E-state index contributed by atoms with van der Waals surface area (Å²) in [5.41, 5.74) is 7.43. The monoisotopic (exact) mass is 236 g/mol. The predicted octanol–water partition coefficient (Wildman–Crippen LogP) is 1.63. The Morgan fingerprint density at radius 2 is 2.00 bits per heavy atom. The fourth-order valence-corrected chi connectivity index (χ4v) is 2.24. The largest absolute Gasteiger partial charge is 0.323 e. The van der Waals surface area contributed by atoms with Crippen LogP contribution in [-0.4, -0.2) is 33.3 Å². The first-order valence-corrected chi connectivity index (χ1v) is 6.46. The summed E-state index contributed by atoms with van der Waals surface area (Å²) in [6.07, 6.45) is 2.05. The van der Waals surface area contributed by atoms with Gasteiger partial charge in [0.05, 0.1) is 5.69 Å². The molecule has 0 aliphatic carbocycles. The van der Waals surface area contributed by atoms with Crippen molar-refractivity contribution >= 4 is 0 Å². The maximum absolute atomic E-state index is 6.28. The maximum atomic E-state index is 6.28. The van der Waals surface area contributed by atoms with E-state index in [1.165, 1.54) is 0 Å². The molecule has 1 aromatic heterocycles. The number of nitrogens with two attached hydrogens (primary N) is 1. The van der Waals surface area contributed by atoms with Gasteiger partial charge < -0.3 is 5.73 Å². The topological polar surface area (TPSA) is 47.1 Å². The Morgan fingerprint density at radius 1 is 1.35 bits per heavy atom. The summed E-state index contributed by atoms with van der Waals surface area (Å²) in [6.45, 7) is 11.6. The average molecular weight is 236 g/mol. The Morgan fingerprint density at radius 3 is 2.47 bits per heavy atom. The zero-order valence-corrected chi connectivity index (χ0v) is 11.3. The molecule has 4 nitrogen and oxygen atoms in total. The molecule has 0 amide bonds. The lowest BCUT2D eigenvalue weighted by molar-refractivity contribution is 0.0302. The van der Waals surface area contributed by atoms with Crippen molar-refractivity contribution in [2.45, 2.75) is 45.8 Å². The lowest BCUT2D eigenvalue weighted by atomic mass is 9.80. The van der Waals surface area contributed by atoms with Gasteiger partial charge in [-0.3, -0.25) is 9.58 Å². The Labute approximate surface area is 104 Å². The van der Waals surface area contributed by atoms with Gasteiger partial charge in [-0.05, 0) is 25.8 Å². The zero-order valence-electron chi connectivity index (χ0n) is 11.3. The molecule has 1 aliphatic heterocycles. The summed E-state index contributed by atoms with van der Waals surface area (Å²) in [5.74, 6) is 0.548. The van der Waals surface area contributed by atoms with Gasteiger partial charge in [0.25, 0.3) is 0 Å². The van der Waals surface area contributed by atoms with Crippen LogP contribution in [-0.2, 0) is 6.54 Å². The number of aromatic nitrogens is 2. The second-order valence-corrected chi connectivity index (χ2v) is 5.91. The molecule has 4 heteroatoms. The van der Waals surface area contributed by atoms with Gasteiger partial charge in [0.2, 0.25) is 0 Å². The summed E-state index contributed by atoms with van der Waals surface area (Å²) < 4.78 is 2.01. The lowest BCUT2D eigenvalue weighted by Crippen LogP contribution is -2.69. The van der Waals surface area contributed by atoms with Crippen LogP contribution in [0.2, 0.25) is 0 Å². The molecule has 1 aromatic rings. The highest BCUT2D eigenvalue weighted by Gasteiger charge is 2.41. The molecule has 2 rings (SSSR count). The van der Waals surface area contributed by atoms with E-state index in [1.807, 2.05) is 4.68 Å². The standard InChI is InChI=1S/C13H24N4/c1-10(2)13(14)8-16(9-13)7-12-5-6-17(15-12)11(3)4/h5-6,10-11H,7-9,14H2,1-4H3. The first-order chi connectivity index (χ1) is 7.90. The third-order valence-electron chi connectivity index (χ3n) is 3.76. The summed E-state index contributed by atoms with van der Waals surface area (Å²) in [7, 11) is 0. The van der Waals surface area contributed by atoms with Crippen LogP contribution in [0.3, 0.4) is 0 Å². The van der Waals surface area contributed by atoms with Crippen LogP contribution in [0.15, 0.2) is 12.3 Å². The van der Waals surface area contributed by atoms with Crippen molar-refractivity contribution in [1.82, 2.24) is 14.7 Å². The van der Waals surface area contributed by atoms with Gasteiger partial charge in [-0.25, -0.2) is 0 Å². The van der Waals surface area contributed by atoms with E-state index in [-0.39, 0.29) is 5.54 Å². The zero-order chi connectivity index (χ0) is 12.6. The van der Waals surface area contributed by atoms with Crippen molar-refractivity contribution in [3.8, 4) is 0 Å². The molecule has 17 heavy (non-hydrogen) atoms.